The summed E-state index contributed by atoms with van der Waals surface area (Å²) in [5.41, 5.74) is 0.165. The number of alkyl halides is 3. The van der Waals surface area contributed by atoms with Gasteiger partial charge in [0.25, 0.3) is 0 Å². The molecule has 1 amide bonds. The van der Waals surface area contributed by atoms with Gasteiger partial charge in [-0.3, -0.25) is 4.79 Å². The van der Waals surface area contributed by atoms with E-state index in [0.717, 1.165) is 30.6 Å². The van der Waals surface area contributed by atoms with Crippen LogP contribution in [0.15, 0.2) is 29.2 Å². The molecule has 1 aromatic rings. The predicted octanol–water partition coefficient (Wildman–Crippen LogP) is 5.76. The highest BCUT2D eigenvalue weighted by Gasteiger charge is 2.56. The van der Waals surface area contributed by atoms with Crippen LogP contribution in [0, 0.1) is 40.8 Å². The summed E-state index contributed by atoms with van der Waals surface area (Å²) in [5.74, 6) is -2.28. The van der Waals surface area contributed by atoms with Crippen LogP contribution in [-0.4, -0.2) is 59.2 Å². The van der Waals surface area contributed by atoms with E-state index >= 15 is 0 Å². The second-order valence-corrected chi connectivity index (χ2v) is 12.7. The normalized spacial score (nSPS) is 32.5. The summed E-state index contributed by atoms with van der Waals surface area (Å²) >= 11 is 1.58. The lowest BCUT2D eigenvalue weighted by Crippen LogP contribution is -2.58. The van der Waals surface area contributed by atoms with Crippen LogP contribution in [0.1, 0.15) is 51.4 Å². The first-order chi connectivity index (χ1) is 17.1. The largest absolute Gasteiger partial charge is 0.396 e. The first-order valence-corrected chi connectivity index (χ1v) is 14.0. The standard InChI is InChI=1S/C27H36F4N2O2S/c1-32(36-20-4-2-3-18(28)14-20)19-13-17-5-8-23(17)26(15-19)9-11-33(12-10-26)25(35)22-7-6-21(22)24(16-34)27(29,30)31/h2-4,14,17,19,21-24,34H,5-13,15-16H2,1H3/t17?,19?,21?,22?,23?,24-/m0/s1. The Hall–Kier alpha value is -1.32. The van der Waals surface area contributed by atoms with Gasteiger partial charge in [0.2, 0.25) is 5.91 Å². The minimum absolute atomic E-state index is 0.153. The molecule has 1 spiro atoms. The van der Waals surface area contributed by atoms with Crippen LogP contribution in [0.4, 0.5) is 17.6 Å². The van der Waals surface area contributed by atoms with Gasteiger partial charge in [-0.15, -0.1) is 0 Å². The number of hydrogen-bond acceptors (Lipinski definition) is 4. The highest BCUT2D eigenvalue weighted by molar-refractivity contribution is 7.97. The maximum atomic E-state index is 13.7. The average molecular weight is 529 g/mol. The highest BCUT2D eigenvalue weighted by Crippen LogP contribution is 2.60. The first kappa shape index (κ1) is 26.3. The lowest BCUT2D eigenvalue weighted by molar-refractivity contribution is -0.214. The monoisotopic (exact) mass is 528 g/mol. The molecule has 5 rings (SSSR count). The molecule has 1 N–H and O–H groups in total. The lowest BCUT2D eigenvalue weighted by atomic mass is 9.49. The van der Waals surface area contributed by atoms with Crippen LogP contribution in [0.25, 0.3) is 0 Å². The zero-order chi connectivity index (χ0) is 25.7. The van der Waals surface area contributed by atoms with Crippen LogP contribution >= 0.6 is 11.9 Å². The molecule has 4 fully saturated rings. The molecule has 200 valence electrons. The van der Waals surface area contributed by atoms with Gasteiger partial charge in [-0.25, -0.2) is 8.70 Å². The van der Waals surface area contributed by atoms with E-state index in [1.807, 2.05) is 6.07 Å². The molecule has 1 aliphatic heterocycles. The number of aliphatic hydroxyl groups excluding tert-OH is 1. The topological polar surface area (TPSA) is 43.8 Å². The van der Waals surface area contributed by atoms with Crippen molar-refractivity contribution in [1.29, 1.82) is 0 Å². The third-order valence-corrected chi connectivity index (χ3v) is 10.9. The van der Waals surface area contributed by atoms with Crippen LogP contribution in [0.5, 0.6) is 0 Å². The van der Waals surface area contributed by atoms with Crippen molar-refractivity contribution in [1.82, 2.24) is 9.21 Å². The maximum Gasteiger partial charge on any atom is 0.394 e. The third-order valence-electron chi connectivity index (χ3n) is 9.83. The van der Waals surface area contributed by atoms with Crippen molar-refractivity contribution in [3.05, 3.63) is 30.1 Å². The number of halogens is 4. The number of amides is 1. The zero-order valence-corrected chi connectivity index (χ0v) is 21.5. The second kappa shape index (κ2) is 10.1. The Morgan fingerprint density at radius 2 is 1.97 bits per heavy atom. The number of nitrogens with zero attached hydrogens (tertiary/aromatic N) is 2. The summed E-state index contributed by atoms with van der Waals surface area (Å²) in [7, 11) is 2.08. The van der Waals surface area contributed by atoms with Crippen molar-refractivity contribution >= 4 is 17.9 Å². The molecule has 1 heterocycles. The van der Waals surface area contributed by atoms with Crippen molar-refractivity contribution in [2.45, 2.75) is 68.5 Å². The van der Waals surface area contributed by atoms with E-state index in [9.17, 15) is 27.5 Å². The Bertz CT molecular complexity index is 952. The molecule has 0 bridgehead atoms. The summed E-state index contributed by atoms with van der Waals surface area (Å²) in [5, 5.41) is 9.34. The Labute approximate surface area is 214 Å². The molecule has 3 saturated carbocycles. The van der Waals surface area contributed by atoms with E-state index in [0.29, 0.717) is 43.8 Å². The molecule has 1 aromatic carbocycles. The van der Waals surface area contributed by atoms with Gasteiger partial charge in [0.05, 0.1) is 12.5 Å². The zero-order valence-electron chi connectivity index (χ0n) is 20.7. The Kier molecular flexibility index (Phi) is 7.38. The van der Waals surface area contributed by atoms with Crippen molar-refractivity contribution < 1.29 is 27.5 Å². The predicted molar refractivity (Wildman–Crippen MR) is 130 cm³/mol. The molecule has 0 radical (unpaired) electrons. The number of likely N-dealkylation sites (tertiary alicyclic amines) is 1. The van der Waals surface area contributed by atoms with Crippen LogP contribution in [0.3, 0.4) is 0 Å². The number of piperidine rings is 1. The molecule has 3 aliphatic carbocycles. The number of aliphatic hydroxyl groups is 1. The number of carbonyl (C=O) groups excluding carboxylic acids is 1. The van der Waals surface area contributed by atoms with Gasteiger partial charge < -0.3 is 10.0 Å². The fraction of sp³-hybridized carbons (Fsp3) is 0.741. The van der Waals surface area contributed by atoms with Gasteiger partial charge in [-0.1, -0.05) is 6.07 Å². The third kappa shape index (κ3) is 4.92. The van der Waals surface area contributed by atoms with Gasteiger partial charge in [0.1, 0.15) is 5.82 Å². The molecule has 4 aliphatic rings. The Morgan fingerprint density at radius 1 is 1.22 bits per heavy atom. The van der Waals surface area contributed by atoms with E-state index in [4.69, 9.17) is 0 Å². The molecular weight excluding hydrogens is 492 g/mol. The van der Waals surface area contributed by atoms with E-state index < -0.39 is 30.5 Å². The SMILES string of the molecule is CN(Sc1cccc(F)c1)C1CC2CCC2C2(CCN(C(=O)C3CCC3[C@H](CO)C(F)(F)F)CC2)C1. The fourth-order valence-corrected chi connectivity index (χ4v) is 8.48. The minimum Gasteiger partial charge on any atom is -0.396 e. The second-order valence-electron chi connectivity index (χ2n) is 11.5. The van der Waals surface area contributed by atoms with Crippen molar-refractivity contribution in [2.75, 3.05) is 26.7 Å². The number of rotatable bonds is 6. The maximum absolute atomic E-state index is 13.7. The van der Waals surface area contributed by atoms with Crippen molar-refractivity contribution in [3.8, 4) is 0 Å². The quantitative estimate of drug-likeness (QED) is 0.377. The van der Waals surface area contributed by atoms with Crippen LogP contribution in [-0.2, 0) is 4.79 Å². The average Bonchev–Trinajstić information content (AvgIpc) is 2.77. The van der Waals surface area contributed by atoms with E-state index in [-0.39, 0.29) is 17.1 Å². The summed E-state index contributed by atoms with van der Waals surface area (Å²) in [4.78, 5) is 15.9. The molecule has 6 atom stereocenters. The number of benzene rings is 1. The fourth-order valence-electron chi connectivity index (χ4n) is 7.53. The Balaban J connectivity index is 1.22. The molecule has 0 aromatic heterocycles. The van der Waals surface area contributed by atoms with Crippen LogP contribution < -0.4 is 0 Å². The lowest BCUT2D eigenvalue weighted by Gasteiger charge is -2.60. The van der Waals surface area contributed by atoms with Gasteiger partial charge in [0.15, 0.2) is 0 Å². The summed E-state index contributed by atoms with van der Waals surface area (Å²) in [6.45, 7) is 0.260. The smallest absolute Gasteiger partial charge is 0.394 e. The number of fused-ring (bicyclic) bond motifs is 2. The Morgan fingerprint density at radius 3 is 2.53 bits per heavy atom. The van der Waals surface area contributed by atoms with E-state index in [2.05, 4.69) is 11.4 Å². The highest BCUT2D eigenvalue weighted by atomic mass is 32.2. The summed E-state index contributed by atoms with van der Waals surface area (Å²) in [6, 6.07) is 7.03. The number of hydrogen-bond donors (Lipinski definition) is 1. The minimum atomic E-state index is -4.48. The molecular formula is C27H36F4N2O2S. The van der Waals surface area contributed by atoms with Crippen LogP contribution in [0.2, 0.25) is 0 Å². The van der Waals surface area contributed by atoms with Gasteiger partial charge >= 0.3 is 6.18 Å². The first-order valence-electron chi connectivity index (χ1n) is 13.2. The van der Waals surface area contributed by atoms with Gasteiger partial charge in [0, 0.05) is 29.9 Å². The van der Waals surface area contributed by atoms with E-state index in [1.165, 1.54) is 18.9 Å². The molecule has 4 nitrogen and oxygen atoms in total. The summed E-state index contributed by atoms with van der Waals surface area (Å²) < 4.78 is 56.0. The molecule has 5 unspecified atom stereocenters. The van der Waals surface area contributed by atoms with E-state index in [1.54, 1.807) is 29.0 Å². The molecule has 9 heteroatoms. The number of carbonyl (C=O) groups is 1. The molecule has 1 saturated heterocycles. The molecule has 36 heavy (non-hydrogen) atoms. The van der Waals surface area contributed by atoms with Gasteiger partial charge in [-0.2, -0.15) is 13.2 Å². The van der Waals surface area contributed by atoms with Gasteiger partial charge in [-0.05, 0) is 112 Å². The van der Waals surface area contributed by atoms with Crippen molar-refractivity contribution in [2.24, 2.45) is 35.0 Å². The van der Waals surface area contributed by atoms with Crippen molar-refractivity contribution in [3.63, 3.8) is 0 Å². The summed E-state index contributed by atoms with van der Waals surface area (Å²) in [6.07, 6.45) is 2.78.